The molecule has 0 radical (unpaired) electrons. The molecule has 1 saturated carbocycles. The molecule has 98 valence electrons. The third-order valence-corrected chi connectivity index (χ3v) is 5.48. The summed E-state index contributed by atoms with van der Waals surface area (Å²) < 4.78 is 0. The minimum Gasteiger partial charge on any atom is -0.393 e. The predicted octanol–water partition coefficient (Wildman–Crippen LogP) is 2.75. The van der Waals surface area contributed by atoms with E-state index in [9.17, 15) is 10.2 Å². The van der Waals surface area contributed by atoms with Gasteiger partial charge in [-0.3, -0.25) is 0 Å². The Balaban J connectivity index is 2.23. The molecule has 5 atom stereocenters. The van der Waals surface area contributed by atoms with Crippen LogP contribution in [0.3, 0.4) is 0 Å². The fourth-order valence-corrected chi connectivity index (χ4v) is 3.69. The molecule has 2 aliphatic rings. The van der Waals surface area contributed by atoms with Gasteiger partial charge in [-0.05, 0) is 37.0 Å². The van der Waals surface area contributed by atoms with Gasteiger partial charge in [0.15, 0.2) is 0 Å². The number of hydrogen-bond acceptors (Lipinski definition) is 2. The summed E-state index contributed by atoms with van der Waals surface area (Å²) in [4.78, 5) is 0. The molecule has 2 rings (SSSR count). The summed E-state index contributed by atoms with van der Waals surface area (Å²) in [6.07, 6.45) is 9.35. The van der Waals surface area contributed by atoms with Crippen LogP contribution in [0, 0.1) is 23.2 Å². The zero-order chi connectivity index (χ0) is 12.7. The molecule has 0 amide bonds. The van der Waals surface area contributed by atoms with Gasteiger partial charge in [-0.25, -0.2) is 0 Å². The largest absolute Gasteiger partial charge is 0.393 e. The summed E-state index contributed by atoms with van der Waals surface area (Å²) in [6, 6.07) is 0. The second kappa shape index (κ2) is 4.40. The summed E-state index contributed by atoms with van der Waals surface area (Å²) in [5, 5.41) is 19.5. The maximum absolute atomic E-state index is 10.2. The standard InChI is InChI=1S/C15H26O2/c1-11-5-4-6-12-7-8-13(9-14(11,12)2)15(3,17)10-16/h7-8,11-13,16-17H,4-6,9-10H2,1-3H3/t11-,12+,13-,14-,15+/m1/s1. The Morgan fingerprint density at radius 1 is 1.35 bits per heavy atom. The van der Waals surface area contributed by atoms with Crippen LogP contribution in [0.2, 0.25) is 0 Å². The van der Waals surface area contributed by atoms with E-state index in [-0.39, 0.29) is 12.5 Å². The fraction of sp³-hybridized carbons (Fsp3) is 0.867. The quantitative estimate of drug-likeness (QED) is 0.726. The third kappa shape index (κ3) is 2.17. The van der Waals surface area contributed by atoms with E-state index < -0.39 is 5.60 Å². The first-order chi connectivity index (χ1) is 7.90. The van der Waals surface area contributed by atoms with E-state index in [4.69, 9.17) is 0 Å². The van der Waals surface area contributed by atoms with Gasteiger partial charge in [0, 0.05) is 5.92 Å². The second-order valence-electron chi connectivity index (χ2n) is 6.66. The van der Waals surface area contributed by atoms with Crippen LogP contribution in [0.5, 0.6) is 0 Å². The van der Waals surface area contributed by atoms with Crippen LogP contribution in [0.25, 0.3) is 0 Å². The number of hydrogen-bond donors (Lipinski definition) is 2. The van der Waals surface area contributed by atoms with Gasteiger partial charge in [-0.1, -0.05) is 38.8 Å². The summed E-state index contributed by atoms with van der Waals surface area (Å²) in [6.45, 7) is 6.30. The maximum atomic E-state index is 10.2. The highest BCUT2D eigenvalue weighted by atomic mass is 16.3. The molecule has 2 heteroatoms. The first-order valence-electron chi connectivity index (χ1n) is 6.92. The van der Waals surface area contributed by atoms with Gasteiger partial charge < -0.3 is 10.2 Å². The monoisotopic (exact) mass is 238 g/mol. The summed E-state index contributed by atoms with van der Waals surface area (Å²) >= 11 is 0. The van der Waals surface area contributed by atoms with Crippen molar-refractivity contribution in [3.05, 3.63) is 12.2 Å². The van der Waals surface area contributed by atoms with Crippen LogP contribution in [0.4, 0.5) is 0 Å². The summed E-state index contributed by atoms with van der Waals surface area (Å²) in [7, 11) is 0. The SMILES string of the molecule is C[C@@H]1CCC[C@H]2C=C[C@@H]([C@@](C)(O)CO)C[C@]12C. The molecule has 0 aliphatic heterocycles. The molecule has 1 fully saturated rings. The lowest BCUT2D eigenvalue weighted by atomic mass is 9.55. The Hall–Kier alpha value is -0.340. The molecule has 0 unspecified atom stereocenters. The molecular formula is C15H26O2. The molecule has 0 heterocycles. The van der Waals surface area contributed by atoms with Crippen molar-refractivity contribution in [2.45, 2.75) is 52.1 Å². The minimum atomic E-state index is -0.971. The molecule has 0 bridgehead atoms. The number of aliphatic hydroxyl groups is 2. The Morgan fingerprint density at radius 2 is 2.06 bits per heavy atom. The van der Waals surface area contributed by atoms with Crippen LogP contribution < -0.4 is 0 Å². The van der Waals surface area contributed by atoms with E-state index in [1.54, 1.807) is 6.92 Å². The van der Waals surface area contributed by atoms with Crippen molar-refractivity contribution in [1.29, 1.82) is 0 Å². The molecule has 2 nitrogen and oxygen atoms in total. The highest BCUT2D eigenvalue weighted by Gasteiger charge is 2.46. The van der Waals surface area contributed by atoms with Crippen molar-refractivity contribution in [3.63, 3.8) is 0 Å². The fourth-order valence-electron chi connectivity index (χ4n) is 3.69. The van der Waals surface area contributed by atoms with Gasteiger partial charge in [0.25, 0.3) is 0 Å². The maximum Gasteiger partial charge on any atom is 0.0911 e. The number of aliphatic hydroxyl groups excluding tert-OH is 1. The van der Waals surface area contributed by atoms with Crippen LogP contribution in [-0.4, -0.2) is 22.4 Å². The van der Waals surface area contributed by atoms with Crippen LogP contribution in [0.15, 0.2) is 12.2 Å². The summed E-state index contributed by atoms with van der Waals surface area (Å²) in [5.74, 6) is 1.47. The second-order valence-corrected chi connectivity index (χ2v) is 6.66. The average molecular weight is 238 g/mol. The van der Waals surface area contributed by atoms with E-state index in [0.29, 0.717) is 17.3 Å². The molecule has 0 aromatic rings. The van der Waals surface area contributed by atoms with Crippen molar-refractivity contribution in [2.75, 3.05) is 6.61 Å². The lowest BCUT2D eigenvalue weighted by Crippen LogP contribution is -2.47. The Labute approximate surface area is 105 Å². The molecule has 0 aromatic carbocycles. The Kier molecular flexibility index (Phi) is 3.39. The molecule has 17 heavy (non-hydrogen) atoms. The number of rotatable bonds is 2. The zero-order valence-corrected chi connectivity index (χ0v) is 11.3. The van der Waals surface area contributed by atoms with Crippen LogP contribution in [0.1, 0.15) is 46.5 Å². The highest BCUT2D eigenvalue weighted by Crippen LogP contribution is 2.53. The Morgan fingerprint density at radius 3 is 2.71 bits per heavy atom. The third-order valence-electron chi connectivity index (χ3n) is 5.48. The topological polar surface area (TPSA) is 40.5 Å². The van der Waals surface area contributed by atoms with Gasteiger partial charge in [0.2, 0.25) is 0 Å². The van der Waals surface area contributed by atoms with Gasteiger partial charge in [0.05, 0.1) is 12.2 Å². The van der Waals surface area contributed by atoms with Gasteiger partial charge in [-0.2, -0.15) is 0 Å². The lowest BCUT2D eigenvalue weighted by Gasteiger charge is -2.51. The zero-order valence-electron chi connectivity index (χ0n) is 11.3. The van der Waals surface area contributed by atoms with Crippen molar-refractivity contribution in [1.82, 2.24) is 0 Å². The van der Waals surface area contributed by atoms with E-state index in [2.05, 4.69) is 26.0 Å². The molecule has 0 saturated heterocycles. The van der Waals surface area contributed by atoms with Gasteiger partial charge in [0.1, 0.15) is 0 Å². The van der Waals surface area contributed by atoms with E-state index in [1.165, 1.54) is 19.3 Å². The number of allylic oxidation sites excluding steroid dienone is 1. The number of fused-ring (bicyclic) bond motifs is 1. The first-order valence-corrected chi connectivity index (χ1v) is 6.92. The normalized spacial score (nSPS) is 45.1. The molecular weight excluding hydrogens is 212 g/mol. The minimum absolute atomic E-state index is 0.0919. The predicted molar refractivity (Wildman–Crippen MR) is 69.6 cm³/mol. The average Bonchev–Trinajstić information content (AvgIpc) is 2.30. The van der Waals surface area contributed by atoms with Crippen molar-refractivity contribution in [3.8, 4) is 0 Å². The van der Waals surface area contributed by atoms with E-state index >= 15 is 0 Å². The highest BCUT2D eigenvalue weighted by molar-refractivity contribution is 5.12. The smallest absolute Gasteiger partial charge is 0.0911 e. The molecule has 0 spiro atoms. The molecule has 0 aromatic heterocycles. The van der Waals surface area contributed by atoms with E-state index in [0.717, 1.165) is 6.42 Å². The lowest BCUT2D eigenvalue weighted by molar-refractivity contribution is -0.0655. The van der Waals surface area contributed by atoms with Crippen molar-refractivity contribution >= 4 is 0 Å². The Bertz CT molecular complexity index is 308. The van der Waals surface area contributed by atoms with Crippen LogP contribution >= 0.6 is 0 Å². The first kappa shape index (κ1) is 13.1. The van der Waals surface area contributed by atoms with Gasteiger partial charge >= 0.3 is 0 Å². The van der Waals surface area contributed by atoms with Gasteiger partial charge in [-0.15, -0.1) is 0 Å². The van der Waals surface area contributed by atoms with Crippen LogP contribution in [-0.2, 0) is 0 Å². The summed E-state index contributed by atoms with van der Waals surface area (Å²) in [5.41, 5.74) is -0.668. The van der Waals surface area contributed by atoms with Crippen molar-refractivity contribution < 1.29 is 10.2 Å². The molecule has 2 aliphatic carbocycles. The van der Waals surface area contributed by atoms with E-state index in [1.807, 2.05) is 0 Å². The van der Waals surface area contributed by atoms with Crippen molar-refractivity contribution in [2.24, 2.45) is 23.2 Å². The molecule has 2 N–H and O–H groups in total.